The largest absolute Gasteiger partial charge is 0.296 e. The Balaban J connectivity index is 1.66. The molecular formula is C21H20N4O2S2. The van der Waals surface area contributed by atoms with Crippen molar-refractivity contribution in [3.8, 4) is 10.6 Å². The van der Waals surface area contributed by atoms with Gasteiger partial charge in [-0.3, -0.25) is 14.9 Å². The van der Waals surface area contributed by atoms with E-state index < -0.39 is 0 Å². The van der Waals surface area contributed by atoms with E-state index in [0.29, 0.717) is 22.4 Å². The lowest BCUT2D eigenvalue weighted by Crippen LogP contribution is -2.27. The number of benzene rings is 1. The van der Waals surface area contributed by atoms with Gasteiger partial charge in [-0.1, -0.05) is 44.0 Å². The maximum Gasteiger partial charge on any atom is 0.278 e. The number of nitrogens with one attached hydrogen (secondary N) is 1. The van der Waals surface area contributed by atoms with Gasteiger partial charge < -0.3 is 0 Å². The van der Waals surface area contributed by atoms with E-state index in [0.717, 1.165) is 29.8 Å². The van der Waals surface area contributed by atoms with Crippen LogP contribution in [0.25, 0.3) is 21.3 Å². The number of thiophene rings is 1. The van der Waals surface area contributed by atoms with Crippen LogP contribution in [0.3, 0.4) is 0 Å². The van der Waals surface area contributed by atoms with Crippen LogP contribution in [0.2, 0.25) is 0 Å². The molecule has 1 aromatic carbocycles. The molecule has 148 valence electrons. The fourth-order valence-electron chi connectivity index (χ4n) is 3.09. The Hall–Kier alpha value is -2.84. The predicted octanol–water partition coefficient (Wildman–Crippen LogP) is 5.02. The number of carbonyl (C=O) groups is 1. The molecule has 6 nitrogen and oxygen atoms in total. The third-order valence-electron chi connectivity index (χ3n) is 4.55. The summed E-state index contributed by atoms with van der Waals surface area (Å²) in [4.78, 5) is 31.3. The summed E-state index contributed by atoms with van der Waals surface area (Å²) in [6, 6.07) is 11.1. The molecule has 3 aromatic heterocycles. The first-order valence-electron chi connectivity index (χ1n) is 9.48. The van der Waals surface area contributed by atoms with Crippen molar-refractivity contribution >= 4 is 44.5 Å². The number of aromatic nitrogens is 3. The predicted molar refractivity (Wildman–Crippen MR) is 119 cm³/mol. The highest BCUT2D eigenvalue weighted by Gasteiger charge is 2.18. The monoisotopic (exact) mass is 424 g/mol. The number of rotatable bonds is 7. The van der Waals surface area contributed by atoms with Crippen LogP contribution >= 0.6 is 22.7 Å². The van der Waals surface area contributed by atoms with Gasteiger partial charge in [0.15, 0.2) is 10.8 Å². The van der Waals surface area contributed by atoms with Crippen molar-refractivity contribution < 1.29 is 4.79 Å². The van der Waals surface area contributed by atoms with E-state index >= 15 is 0 Å². The number of fused-ring (bicyclic) bond motifs is 1. The molecule has 0 spiro atoms. The summed E-state index contributed by atoms with van der Waals surface area (Å²) in [5.41, 5.74) is 0.912. The fourth-order valence-corrected chi connectivity index (χ4v) is 4.56. The summed E-state index contributed by atoms with van der Waals surface area (Å²) < 4.78 is 1.41. The molecule has 3 heterocycles. The number of amides is 1. The zero-order valence-electron chi connectivity index (χ0n) is 15.9. The van der Waals surface area contributed by atoms with Crippen molar-refractivity contribution in [2.75, 3.05) is 5.32 Å². The number of nitrogens with zero attached hydrogens (tertiary/aromatic N) is 3. The molecule has 1 N–H and O–H groups in total. The summed E-state index contributed by atoms with van der Waals surface area (Å²) in [5.74, 6) is -0.363. The minimum absolute atomic E-state index is 0.164. The molecule has 0 saturated heterocycles. The van der Waals surface area contributed by atoms with Crippen LogP contribution in [0.5, 0.6) is 0 Å². The van der Waals surface area contributed by atoms with Crippen molar-refractivity contribution in [1.29, 1.82) is 0 Å². The second-order valence-corrected chi connectivity index (χ2v) is 8.40. The lowest BCUT2D eigenvalue weighted by molar-refractivity contribution is 0.102. The van der Waals surface area contributed by atoms with Crippen molar-refractivity contribution in [1.82, 2.24) is 14.8 Å². The number of carbonyl (C=O) groups excluding carboxylic acids is 1. The maximum absolute atomic E-state index is 13.0. The standard InChI is InChI=1S/C21H20N4O2S2/c1-2-3-6-11-25-20(27)15-9-5-4-8-14(15)18(24-25)19(26)23-21-22-16(13-29-21)17-10-7-12-28-17/h4-5,7-10,12-13H,2-3,6,11H2,1H3,(H,22,23,26). The van der Waals surface area contributed by atoms with Gasteiger partial charge in [-0.15, -0.1) is 22.7 Å². The van der Waals surface area contributed by atoms with Gasteiger partial charge >= 0.3 is 0 Å². The van der Waals surface area contributed by atoms with Crippen LogP contribution in [0.4, 0.5) is 5.13 Å². The normalized spacial score (nSPS) is 11.1. The number of anilines is 1. The summed E-state index contributed by atoms with van der Waals surface area (Å²) in [7, 11) is 0. The summed E-state index contributed by atoms with van der Waals surface area (Å²) in [6.45, 7) is 2.60. The highest BCUT2D eigenvalue weighted by atomic mass is 32.1. The maximum atomic E-state index is 13.0. The van der Waals surface area contributed by atoms with Crippen LogP contribution in [0.15, 0.2) is 52.0 Å². The number of hydrogen-bond donors (Lipinski definition) is 1. The Morgan fingerprint density at radius 2 is 1.93 bits per heavy atom. The first kappa shape index (κ1) is 19.5. The van der Waals surface area contributed by atoms with E-state index in [1.807, 2.05) is 22.9 Å². The van der Waals surface area contributed by atoms with E-state index in [2.05, 4.69) is 22.3 Å². The molecule has 0 atom stereocenters. The average Bonchev–Trinajstić information content (AvgIpc) is 3.42. The van der Waals surface area contributed by atoms with Crippen LogP contribution < -0.4 is 10.9 Å². The molecule has 0 aliphatic heterocycles. The lowest BCUT2D eigenvalue weighted by Gasteiger charge is -2.10. The van der Waals surface area contributed by atoms with Gasteiger partial charge in [0, 0.05) is 17.3 Å². The second-order valence-electron chi connectivity index (χ2n) is 6.60. The molecule has 1 amide bonds. The molecule has 29 heavy (non-hydrogen) atoms. The minimum Gasteiger partial charge on any atom is -0.296 e. The first-order valence-corrected chi connectivity index (χ1v) is 11.2. The van der Waals surface area contributed by atoms with E-state index in [4.69, 9.17) is 0 Å². The van der Waals surface area contributed by atoms with Gasteiger partial charge in [0.05, 0.1) is 16.0 Å². The van der Waals surface area contributed by atoms with E-state index in [1.165, 1.54) is 16.0 Å². The third kappa shape index (κ3) is 4.13. The number of hydrogen-bond acceptors (Lipinski definition) is 6. The summed E-state index contributed by atoms with van der Waals surface area (Å²) >= 11 is 2.97. The first-order chi connectivity index (χ1) is 14.2. The minimum atomic E-state index is -0.363. The number of aryl methyl sites for hydroxylation is 1. The molecule has 0 bridgehead atoms. The van der Waals surface area contributed by atoms with Crippen LogP contribution in [0.1, 0.15) is 36.7 Å². The summed E-state index contributed by atoms with van der Waals surface area (Å²) in [6.07, 6.45) is 2.90. The van der Waals surface area contributed by atoms with Gasteiger partial charge in [-0.25, -0.2) is 9.67 Å². The van der Waals surface area contributed by atoms with Gasteiger partial charge in [-0.05, 0) is 23.9 Å². The Morgan fingerprint density at radius 3 is 2.69 bits per heavy atom. The van der Waals surface area contributed by atoms with Crippen molar-refractivity contribution in [3.63, 3.8) is 0 Å². The Kier molecular flexibility index (Phi) is 5.82. The molecule has 4 aromatic rings. The molecule has 0 radical (unpaired) electrons. The topological polar surface area (TPSA) is 76.9 Å². The molecule has 0 saturated carbocycles. The molecule has 4 rings (SSSR count). The third-order valence-corrected chi connectivity index (χ3v) is 6.20. The van der Waals surface area contributed by atoms with Crippen LogP contribution in [0, 0.1) is 0 Å². The van der Waals surface area contributed by atoms with Gasteiger partial charge in [-0.2, -0.15) is 5.10 Å². The molecule has 0 unspecified atom stereocenters. The van der Waals surface area contributed by atoms with E-state index in [9.17, 15) is 9.59 Å². The molecular weight excluding hydrogens is 404 g/mol. The number of thiazole rings is 1. The summed E-state index contributed by atoms with van der Waals surface area (Å²) in [5, 5.41) is 12.7. The van der Waals surface area contributed by atoms with Crippen molar-refractivity contribution in [3.05, 3.63) is 63.2 Å². The molecule has 0 fully saturated rings. The number of unbranched alkanes of at least 4 members (excludes halogenated alkanes) is 2. The highest BCUT2D eigenvalue weighted by Crippen LogP contribution is 2.28. The zero-order chi connectivity index (χ0) is 20.2. The fraction of sp³-hybridized carbons (Fsp3) is 0.238. The SMILES string of the molecule is CCCCCn1nc(C(=O)Nc2nc(-c3cccs3)cs2)c2ccccc2c1=O. The van der Waals surface area contributed by atoms with Crippen LogP contribution in [-0.4, -0.2) is 20.7 Å². The van der Waals surface area contributed by atoms with Crippen molar-refractivity contribution in [2.24, 2.45) is 0 Å². The highest BCUT2D eigenvalue weighted by molar-refractivity contribution is 7.16. The quantitative estimate of drug-likeness (QED) is 0.422. The Morgan fingerprint density at radius 1 is 1.10 bits per heavy atom. The molecule has 8 heteroatoms. The van der Waals surface area contributed by atoms with Gasteiger partial charge in [0.2, 0.25) is 0 Å². The zero-order valence-corrected chi connectivity index (χ0v) is 17.6. The second kappa shape index (κ2) is 8.67. The average molecular weight is 425 g/mol. The molecule has 0 aliphatic carbocycles. The van der Waals surface area contributed by atoms with Crippen molar-refractivity contribution in [2.45, 2.75) is 32.7 Å². The van der Waals surface area contributed by atoms with E-state index in [1.54, 1.807) is 35.6 Å². The van der Waals surface area contributed by atoms with Crippen LogP contribution in [-0.2, 0) is 6.54 Å². The Labute approximate surface area is 175 Å². The lowest BCUT2D eigenvalue weighted by atomic mass is 10.1. The smallest absolute Gasteiger partial charge is 0.278 e. The molecule has 0 aliphatic rings. The van der Waals surface area contributed by atoms with Gasteiger partial charge in [0.25, 0.3) is 11.5 Å². The van der Waals surface area contributed by atoms with Gasteiger partial charge in [0.1, 0.15) is 0 Å². The Bertz CT molecular complexity index is 1200. The van der Waals surface area contributed by atoms with E-state index in [-0.39, 0.29) is 17.2 Å².